The first kappa shape index (κ1) is 29.3. The molecule has 0 saturated carbocycles. The predicted molar refractivity (Wildman–Crippen MR) is 194 cm³/mol. The molecule has 0 aliphatic heterocycles. The molecule has 220 valence electrons. The second-order valence-corrected chi connectivity index (χ2v) is 18.2. The molecule has 0 saturated heterocycles. The molecule has 7 rings (SSSR count). The van der Waals surface area contributed by atoms with Crippen LogP contribution < -0.4 is 22.5 Å². The fourth-order valence-corrected chi connectivity index (χ4v) is 15.5. The van der Waals surface area contributed by atoms with Crippen LogP contribution >= 0.6 is 0 Å². The van der Waals surface area contributed by atoms with E-state index in [1.807, 2.05) is 79.0 Å². The number of aliphatic imine (C=N–C) groups is 1. The van der Waals surface area contributed by atoms with E-state index in [4.69, 9.17) is 4.99 Å². The van der Waals surface area contributed by atoms with Gasteiger partial charge in [0.25, 0.3) is 0 Å². The van der Waals surface area contributed by atoms with E-state index in [2.05, 4.69) is 115 Å². The summed E-state index contributed by atoms with van der Waals surface area (Å²) >= 11 is -3.27. The first-order chi connectivity index (χ1) is 22.7. The van der Waals surface area contributed by atoms with Crippen molar-refractivity contribution >= 4 is 42.9 Å². The quantitative estimate of drug-likeness (QED) is 0.126. The number of hydrogen-bond acceptors (Lipinski definition) is 2. The standard InChI is InChI=1S/C43H32AsNO/c46-43-40(33-18-6-1-7-19-33)30-39(31-41(43)34-20-8-2-9-21-34)45-32-35-22-16-17-29-42(35)44(36-23-10-3-11-24-36,37-25-12-4-13-26-37)38-27-14-5-15-28-38/h1-32H. The Bertz CT molecular complexity index is 1920. The summed E-state index contributed by atoms with van der Waals surface area (Å²) < 4.78 is 5.31. The van der Waals surface area contributed by atoms with Gasteiger partial charge in [-0.05, 0) is 0 Å². The summed E-state index contributed by atoms with van der Waals surface area (Å²) in [6.45, 7) is 0. The van der Waals surface area contributed by atoms with E-state index < -0.39 is 13.6 Å². The van der Waals surface area contributed by atoms with Crippen molar-refractivity contribution in [2.24, 2.45) is 4.99 Å². The SMILES string of the molecule is [O-]c1c(-c2ccccc2)cc(N=Cc2ccccc2[As+](c2ccccc2)(c2ccccc2)c2ccccc2)cc1-c1ccccc1. The Hall–Kier alpha value is -5.43. The van der Waals surface area contributed by atoms with Crippen LogP contribution in [0.15, 0.2) is 193 Å². The summed E-state index contributed by atoms with van der Waals surface area (Å²) in [6.07, 6.45) is 1.99. The average molecular weight is 654 g/mol. The minimum atomic E-state index is -3.27. The van der Waals surface area contributed by atoms with E-state index in [-0.39, 0.29) is 5.75 Å². The minimum absolute atomic E-state index is 0.00201. The van der Waals surface area contributed by atoms with E-state index in [9.17, 15) is 5.11 Å². The molecule has 0 aliphatic rings. The van der Waals surface area contributed by atoms with E-state index >= 15 is 0 Å². The van der Waals surface area contributed by atoms with Crippen LogP contribution in [-0.2, 0) is 0 Å². The molecule has 7 aromatic rings. The molecule has 3 heteroatoms. The van der Waals surface area contributed by atoms with Crippen LogP contribution in [0.1, 0.15) is 5.56 Å². The summed E-state index contributed by atoms with van der Waals surface area (Å²) in [5, 5.41) is 13.8. The summed E-state index contributed by atoms with van der Waals surface area (Å²) in [5.41, 5.74) is 4.86. The van der Waals surface area contributed by atoms with Crippen LogP contribution in [-0.4, -0.2) is 19.8 Å². The molecule has 0 radical (unpaired) electrons. The first-order valence-electron chi connectivity index (χ1n) is 15.4. The Kier molecular flexibility index (Phi) is 8.46. The Labute approximate surface area is 273 Å². The van der Waals surface area contributed by atoms with Gasteiger partial charge in [0, 0.05) is 0 Å². The monoisotopic (exact) mass is 653 g/mol. The van der Waals surface area contributed by atoms with Gasteiger partial charge in [-0.1, -0.05) is 0 Å². The molecule has 0 unspecified atom stereocenters. The molecule has 0 amide bonds. The van der Waals surface area contributed by atoms with Crippen molar-refractivity contribution in [3.8, 4) is 28.0 Å². The van der Waals surface area contributed by atoms with Gasteiger partial charge in [-0.15, -0.1) is 0 Å². The summed E-state index contributed by atoms with van der Waals surface area (Å²) in [4.78, 5) is 5.11. The Morgan fingerprint density at radius 1 is 0.435 bits per heavy atom. The zero-order valence-corrected chi connectivity index (χ0v) is 27.2. The second-order valence-electron chi connectivity index (χ2n) is 11.1. The summed E-state index contributed by atoms with van der Waals surface area (Å²) in [5.74, 6) is 0.00201. The number of nitrogens with zero attached hydrogens (tertiary/aromatic N) is 1. The van der Waals surface area contributed by atoms with Crippen molar-refractivity contribution in [3.05, 3.63) is 194 Å². The van der Waals surface area contributed by atoms with Gasteiger partial charge in [0.15, 0.2) is 0 Å². The predicted octanol–water partition coefficient (Wildman–Crippen LogP) is 7.22. The van der Waals surface area contributed by atoms with Crippen LogP contribution in [0.4, 0.5) is 5.69 Å². The molecule has 0 aromatic heterocycles. The van der Waals surface area contributed by atoms with Crippen molar-refractivity contribution in [1.29, 1.82) is 0 Å². The van der Waals surface area contributed by atoms with Gasteiger partial charge in [0.2, 0.25) is 0 Å². The third-order valence-corrected chi connectivity index (χ3v) is 17.4. The van der Waals surface area contributed by atoms with E-state index in [0.29, 0.717) is 11.1 Å². The average Bonchev–Trinajstić information content (AvgIpc) is 3.14. The van der Waals surface area contributed by atoms with Crippen LogP contribution in [0.5, 0.6) is 5.75 Å². The van der Waals surface area contributed by atoms with Crippen LogP contribution in [0.25, 0.3) is 22.3 Å². The molecular formula is C43H32AsNO. The van der Waals surface area contributed by atoms with Gasteiger partial charge in [-0.25, -0.2) is 0 Å². The van der Waals surface area contributed by atoms with E-state index in [1.165, 1.54) is 17.4 Å². The Morgan fingerprint density at radius 2 is 0.804 bits per heavy atom. The van der Waals surface area contributed by atoms with Crippen LogP contribution in [0.2, 0.25) is 0 Å². The first-order valence-corrected chi connectivity index (χ1v) is 19.2. The molecule has 0 spiro atoms. The van der Waals surface area contributed by atoms with Crippen molar-refractivity contribution in [3.63, 3.8) is 0 Å². The zero-order chi connectivity index (χ0) is 31.2. The van der Waals surface area contributed by atoms with Gasteiger partial charge in [-0.3, -0.25) is 0 Å². The van der Waals surface area contributed by atoms with Crippen molar-refractivity contribution in [2.45, 2.75) is 0 Å². The molecule has 0 aliphatic carbocycles. The van der Waals surface area contributed by atoms with Crippen molar-refractivity contribution in [1.82, 2.24) is 0 Å². The molecule has 0 atom stereocenters. The second kappa shape index (κ2) is 13.3. The third-order valence-electron chi connectivity index (χ3n) is 8.32. The number of benzene rings is 7. The van der Waals surface area contributed by atoms with Gasteiger partial charge in [0.05, 0.1) is 0 Å². The maximum atomic E-state index is 13.8. The van der Waals surface area contributed by atoms with Gasteiger partial charge >= 0.3 is 275 Å². The van der Waals surface area contributed by atoms with Gasteiger partial charge in [-0.2, -0.15) is 0 Å². The zero-order valence-electron chi connectivity index (χ0n) is 25.3. The van der Waals surface area contributed by atoms with E-state index in [0.717, 1.165) is 22.4 Å². The summed E-state index contributed by atoms with van der Waals surface area (Å²) in [6, 6.07) is 65.1. The molecule has 0 fully saturated rings. The van der Waals surface area contributed by atoms with Gasteiger partial charge in [0.1, 0.15) is 0 Å². The van der Waals surface area contributed by atoms with Crippen molar-refractivity contribution in [2.75, 3.05) is 0 Å². The maximum absolute atomic E-state index is 13.8. The molecule has 46 heavy (non-hydrogen) atoms. The topological polar surface area (TPSA) is 35.4 Å². The Morgan fingerprint density at radius 3 is 1.24 bits per heavy atom. The van der Waals surface area contributed by atoms with E-state index in [1.54, 1.807) is 0 Å². The molecule has 7 aromatic carbocycles. The molecular weight excluding hydrogens is 621 g/mol. The summed E-state index contributed by atoms with van der Waals surface area (Å²) in [7, 11) is 0. The van der Waals surface area contributed by atoms with Crippen LogP contribution in [0, 0.1) is 0 Å². The number of rotatable bonds is 8. The number of hydrogen-bond donors (Lipinski definition) is 0. The Balaban J connectivity index is 1.44. The van der Waals surface area contributed by atoms with Crippen LogP contribution in [0.3, 0.4) is 0 Å². The molecule has 0 heterocycles. The molecule has 2 nitrogen and oxygen atoms in total. The fraction of sp³-hybridized carbons (Fsp3) is 0. The third kappa shape index (κ3) is 5.60. The normalized spacial score (nSPS) is 11.5. The molecule has 0 bridgehead atoms. The molecule has 0 N–H and O–H groups in total. The van der Waals surface area contributed by atoms with Crippen molar-refractivity contribution < 1.29 is 5.11 Å². The van der Waals surface area contributed by atoms with Gasteiger partial charge < -0.3 is 0 Å². The fourth-order valence-electron chi connectivity index (χ4n) is 6.22.